The smallest absolute Gasteiger partial charge is 0.290 e. The second-order valence-corrected chi connectivity index (χ2v) is 3.67. The first-order valence-corrected chi connectivity index (χ1v) is 5.10. The van der Waals surface area contributed by atoms with Gasteiger partial charge in [-0.25, -0.2) is 10.1 Å². The van der Waals surface area contributed by atoms with E-state index in [1.54, 1.807) is 19.5 Å². The van der Waals surface area contributed by atoms with Crippen molar-refractivity contribution in [2.24, 2.45) is 0 Å². The molecule has 0 fully saturated rings. The third-order valence-electron chi connectivity index (χ3n) is 2.71. The second-order valence-electron chi connectivity index (χ2n) is 3.67. The molecule has 84 valence electrons. The highest BCUT2D eigenvalue weighted by molar-refractivity contribution is 6.05. The third-order valence-corrected chi connectivity index (χ3v) is 2.71. The zero-order valence-electron chi connectivity index (χ0n) is 9.10. The first kappa shape index (κ1) is 9.77. The minimum atomic E-state index is -0.285. The summed E-state index contributed by atoms with van der Waals surface area (Å²) < 4.78 is 5.17. The molecule has 2 heterocycles. The summed E-state index contributed by atoms with van der Waals surface area (Å²) in [6, 6.07) is 5.64. The number of fused-ring (bicyclic) bond motifs is 3. The van der Waals surface area contributed by atoms with Crippen LogP contribution < -0.4 is 10.3 Å². The molecule has 0 unspecified atom stereocenters. The van der Waals surface area contributed by atoms with Crippen molar-refractivity contribution in [1.82, 2.24) is 15.2 Å². The van der Waals surface area contributed by atoms with Crippen molar-refractivity contribution in [3.05, 3.63) is 40.9 Å². The summed E-state index contributed by atoms with van der Waals surface area (Å²) in [6.07, 6.45) is 3.28. The van der Waals surface area contributed by atoms with Crippen molar-refractivity contribution in [1.29, 1.82) is 0 Å². The van der Waals surface area contributed by atoms with E-state index in [1.165, 1.54) is 0 Å². The number of H-pyrrole nitrogens is 1. The van der Waals surface area contributed by atoms with Crippen molar-refractivity contribution in [2.45, 2.75) is 0 Å². The number of rotatable bonds is 1. The molecule has 0 saturated heterocycles. The number of aromatic nitrogens is 3. The van der Waals surface area contributed by atoms with Gasteiger partial charge in [-0.3, -0.25) is 4.79 Å². The number of methoxy groups -OCH3 is 1. The molecule has 5 nitrogen and oxygen atoms in total. The van der Waals surface area contributed by atoms with Gasteiger partial charge >= 0.3 is 0 Å². The molecule has 0 bridgehead atoms. The Morgan fingerprint density at radius 3 is 2.94 bits per heavy atom. The Morgan fingerprint density at radius 2 is 2.12 bits per heavy atom. The molecule has 1 aromatic carbocycles. The van der Waals surface area contributed by atoms with Crippen LogP contribution in [0.5, 0.6) is 5.75 Å². The molecular weight excluding hydrogens is 218 g/mol. The fourth-order valence-corrected chi connectivity index (χ4v) is 1.86. The number of nitrogens with one attached hydrogen (secondary N) is 1. The normalized spacial score (nSPS) is 10.9. The highest BCUT2D eigenvalue weighted by Crippen LogP contribution is 2.25. The summed E-state index contributed by atoms with van der Waals surface area (Å²) >= 11 is 0. The van der Waals surface area contributed by atoms with Crippen LogP contribution in [0.2, 0.25) is 0 Å². The number of aromatic amines is 1. The van der Waals surface area contributed by atoms with Crippen molar-refractivity contribution in [2.75, 3.05) is 7.11 Å². The largest absolute Gasteiger partial charge is 0.497 e. The molecule has 3 rings (SSSR count). The van der Waals surface area contributed by atoms with Crippen LogP contribution in [-0.2, 0) is 0 Å². The highest BCUT2D eigenvalue weighted by Gasteiger charge is 2.06. The minimum absolute atomic E-state index is 0.285. The summed E-state index contributed by atoms with van der Waals surface area (Å²) in [6.45, 7) is 0. The van der Waals surface area contributed by atoms with Gasteiger partial charge in [-0.05, 0) is 23.6 Å². The fraction of sp³-hybridized carbons (Fsp3) is 0.0833. The van der Waals surface area contributed by atoms with Crippen molar-refractivity contribution in [3.63, 3.8) is 0 Å². The SMILES string of the molecule is COc1ccc2cnc3c(=O)[nH]ncc3c2c1. The van der Waals surface area contributed by atoms with Gasteiger partial charge in [-0.1, -0.05) is 0 Å². The Morgan fingerprint density at radius 1 is 1.24 bits per heavy atom. The summed E-state index contributed by atoms with van der Waals surface area (Å²) in [5, 5.41) is 8.75. The predicted molar refractivity (Wildman–Crippen MR) is 64.2 cm³/mol. The average Bonchev–Trinajstić information content (AvgIpc) is 2.38. The maximum atomic E-state index is 11.6. The number of ether oxygens (including phenoxy) is 1. The van der Waals surface area contributed by atoms with Crippen molar-refractivity contribution < 1.29 is 4.74 Å². The Kier molecular flexibility index (Phi) is 2.04. The van der Waals surface area contributed by atoms with E-state index in [0.717, 1.165) is 21.9 Å². The van der Waals surface area contributed by atoms with Gasteiger partial charge in [0.05, 0.1) is 13.3 Å². The van der Waals surface area contributed by atoms with E-state index in [1.807, 2.05) is 18.2 Å². The molecule has 0 amide bonds. The fourth-order valence-electron chi connectivity index (χ4n) is 1.86. The number of hydrogen-bond donors (Lipinski definition) is 1. The molecular formula is C12H9N3O2. The number of pyridine rings is 1. The van der Waals surface area contributed by atoms with Gasteiger partial charge in [0.15, 0.2) is 0 Å². The minimum Gasteiger partial charge on any atom is -0.497 e. The Labute approximate surface area is 96.1 Å². The third kappa shape index (κ3) is 1.44. The highest BCUT2D eigenvalue weighted by atomic mass is 16.5. The predicted octanol–water partition coefficient (Wildman–Crippen LogP) is 1.48. The molecule has 0 atom stereocenters. The first-order chi connectivity index (χ1) is 8.29. The van der Waals surface area contributed by atoms with Crippen LogP contribution in [-0.4, -0.2) is 22.3 Å². The molecule has 0 aliphatic heterocycles. The van der Waals surface area contributed by atoms with Crippen molar-refractivity contribution >= 4 is 21.7 Å². The monoisotopic (exact) mass is 227 g/mol. The number of nitrogens with zero attached hydrogens (tertiary/aromatic N) is 2. The van der Waals surface area contributed by atoms with Crippen LogP contribution >= 0.6 is 0 Å². The average molecular weight is 227 g/mol. The van der Waals surface area contributed by atoms with Gasteiger partial charge in [0.2, 0.25) is 0 Å². The van der Waals surface area contributed by atoms with Crippen LogP contribution in [0.25, 0.3) is 21.7 Å². The van der Waals surface area contributed by atoms with E-state index in [9.17, 15) is 4.79 Å². The summed E-state index contributed by atoms with van der Waals surface area (Å²) in [7, 11) is 1.61. The molecule has 0 spiro atoms. The summed E-state index contributed by atoms with van der Waals surface area (Å²) in [5.41, 5.74) is 0.105. The maximum absolute atomic E-state index is 11.6. The molecule has 5 heteroatoms. The van der Waals surface area contributed by atoms with E-state index in [4.69, 9.17) is 4.74 Å². The maximum Gasteiger partial charge on any atom is 0.290 e. The van der Waals surface area contributed by atoms with Crippen LogP contribution in [0.4, 0.5) is 0 Å². The lowest BCUT2D eigenvalue weighted by Crippen LogP contribution is -2.08. The molecule has 3 aromatic rings. The lowest BCUT2D eigenvalue weighted by molar-refractivity contribution is 0.415. The zero-order chi connectivity index (χ0) is 11.8. The molecule has 0 saturated carbocycles. The molecule has 2 aromatic heterocycles. The van der Waals surface area contributed by atoms with E-state index in [2.05, 4.69) is 15.2 Å². The topological polar surface area (TPSA) is 67.9 Å². The van der Waals surface area contributed by atoms with Gasteiger partial charge in [-0.15, -0.1) is 0 Å². The van der Waals surface area contributed by atoms with E-state index in [-0.39, 0.29) is 5.56 Å². The van der Waals surface area contributed by atoms with Crippen molar-refractivity contribution in [3.8, 4) is 5.75 Å². The van der Waals surface area contributed by atoms with Crippen LogP contribution in [0.1, 0.15) is 0 Å². The van der Waals surface area contributed by atoms with Gasteiger partial charge in [0.1, 0.15) is 11.3 Å². The molecule has 0 radical (unpaired) electrons. The second kappa shape index (κ2) is 3.55. The lowest BCUT2D eigenvalue weighted by atomic mass is 10.1. The molecule has 0 aliphatic carbocycles. The van der Waals surface area contributed by atoms with E-state index in [0.29, 0.717) is 5.52 Å². The van der Waals surface area contributed by atoms with Crippen LogP contribution in [0.3, 0.4) is 0 Å². The van der Waals surface area contributed by atoms with Gasteiger partial charge in [0.25, 0.3) is 5.56 Å². The zero-order valence-corrected chi connectivity index (χ0v) is 9.10. The van der Waals surface area contributed by atoms with Crippen LogP contribution in [0, 0.1) is 0 Å². The van der Waals surface area contributed by atoms with E-state index >= 15 is 0 Å². The van der Waals surface area contributed by atoms with Gasteiger partial charge in [0, 0.05) is 17.0 Å². The Bertz CT molecular complexity index is 764. The quantitative estimate of drug-likeness (QED) is 0.639. The Hall–Kier alpha value is -2.43. The molecule has 17 heavy (non-hydrogen) atoms. The number of hydrogen-bond acceptors (Lipinski definition) is 4. The summed E-state index contributed by atoms with van der Waals surface area (Å²) in [4.78, 5) is 15.7. The standard InChI is InChI=1S/C12H9N3O2/c1-17-8-3-2-7-5-13-11-10(9(7)4-8)6-14-15-12(11)16/h2-6H,1H3,(H,15,16). The van der Waals surface area contributed by atoms with Gasteiger partial charge in [-0.2, -0.15) is 5.10 Å². The summed E-state index contributed by atoms with van der Waals surface area (Å²) in [5.74, 6) is 0.741. The van der Waals surface area contributed by atoms with Gasteiger partial charge < -0.3 is 4.74 Å². The van der Waals surface area contributed by atoms with E-state index < -0.39 is 0 Å². The molecule has 1 N–H and O–H groups in total. The Balaban J connectivity index is 2.53. The molecule has 0 aliphatic rings. The first-order valence-electron chi connectivity index (χ1n) is 5.10. The number of benzene rings is 1. The lowest BCUT2D eigenvalue weighted by Gasteiger charge is -2.04. The van der Waals surface area contributed by atoms with Crippen LogP contribution in [0.15, 0.2) is 35.4 Å².